The van der Waals surface area contributed by atoms with E-state index in [2.05, 4.69) is 9.69 Å². The number of benzene rings is 2. The summed E-state index contributed by atoms with van der Waals surface area (Å²) in [7, 11) is 0. The predicted octanol–water partition coefficient (Wildman–Crippen LogP) is 3.46. The summed E-state index contributed by atoms with van der Waals surface area (Å²) in [6, 6.07) is 15.4. The van der Waals surface area contributed by atoms with Crippen LogP contribution >= 0.6 is 11.5 Å². The Morgan fingerprint density at radius 3 is 2.52 bits per heavy atom. The first-order valence-corrected chi connectivity index (χ1v) is 7.75. The Hall–Kier alpha value is -2.73. The molecule has 0 unspecified atom stereocenters. The maximum absolute atomic E-state index is 12.9. The fraction of sp³-hybridized carbons (Fsp3) is 0.0588. The van der Waals surface area contributed by atoms with Gasteiger partial charge in [0.15, 0.2) is 0 Å². The van der Waals surface area contributed by atoms with E-state index < -0.39 is 0 Å². The van der Waals surface area contributed by atoms with Crippen molar-refractivity contribution in [1.82, 2.24) is 9.69 Å². The second-order valence-electron chi connectivity index (χ2n) is 4.95. The lowest BCUT2D eigenvalue weighted by Gasteiger charge is -2.05. The highest BCUT2D eigenvalue weighted by Gasteiger charge is 2.18. The second kappa shape index (κ2) is 6.58. The number of anilines is 1. The number of aromatic nitrogens is 1. The number of nitrogens with two attached hydrogens (primary N) is 1. The van der Waals surface area contributed by atoms with Gasteiger partial charge in [0, 0.05) is 12.1 Å². The zero-order valence-corrected chi connectivity index (χ0v) is 12.9. The van der Waals surface area contributed by atoms with Gasteiger partial charge in [-0.25, -0.2) is 4.39 Å². The van der Waals surface area contributed by atoms with Crippen molar-refractivity contribution >= 4 is 23.1 Å². The van der Waals surface area contributed by atoms with Crippen LogP contribution in [0.1, 0.15) is 15.2 Å². The molecule has 0 aliphatic heterocycles. The lowest BCUT2D eigenvalue weighted by atomic mass is 10.1. The molecule has 6 heteroatoms. The fourth-order valence-electron chi connectivity index (χ4n) is 2.13. The smallest absolute Gasteiger partial charge is 0.265 e. The van der Waals surface area contributed by atoms with Crippen LogP contribution in [0.15, 0.2) is 54.6 Å². The van der Waals surface area contributed by atoms with Crippen LogP contribution in [-0.2, 0) is 6.54 Å². The zero-order valence-electron chi connectivity index (χ0n) is 12.1. The number of hydrogen-bond donors (Lipinski definition) is 2. The van der Waals surface area contributed by atoms with Crippen LogP contribution in [0.5, 0.6) is 0 Å². The molecule has 3 aromatic rings. The molecule has 3 rings (SSSR count). The summed E-state index contributed by atoms with van der Waals surface area (Å²) >= 11 is 1.07. The SMILES string of the molecule is Nc1c(-c2ccccc2)nsc1C(=O)NCc1ccc(F)cc1. The van der Waals surface area contributed by atoms with Gasteiger partial charge in [-0.2, -0.15) is 4.37 Å². The highest BCUT2D eigenvalue weighted by atomic mass is 32.1. The number of carbonyl (C=O) groups is 1. The van der Waals surface area contributed by atoms with Crippen molar-refractivity contribution in [3.05, 3.63) is 70.9 Å². The van der Waals surface area contributed by atoms with E-state index in [9.17, 15) is 9.18 Å². The minimum absolute atomic E-state index is 0.286. The molecule has 1 aromatic heterocycles. The van der Waals surface area contributed by atoms with Crippen LogP contribution in [0.4, 0.5) is 10.1 Å². The summed E-state index contributed by atoms with van der Waals surface area (Å²) < 4.78 is 17.1. The molecule has 0 saturated heterocycles. The Labute approximate surface area is 136 Å². The third kappa shape index (κ3) is 3.37. The first-order chi connectivity index (χ1) is 11.1. The summed E-state index contributed by atoms with van der Waals surface area (Å²) in [4.78, 5) is 12.6. The molecule has 1 amide bonds. The number of amides is 1. The summed E-state index contributed by atoms with van der Waals surface area (Å²) in [6.07, 6.45) is 0. The minimum atomic E-state index is -0.306. The molecule has 3 N–H and O–H groups in total. The standard InChI is InChI=1S/C17H14FN3OS/c18-13-8-6-11(7-9-13)10-20-17(22)16-14(19)15(21-23-16)12-4-2-1-3-5-12/h1-9H,10,19H2,(H,20,22). The van der Waals surface area contributed by atoms with Crippen molar-refractivity contribution in [3.63, 3.8) is 0 Å². The third-order valence-electron chi connectivity index (χ3n) is 3.35. The van der Waals surface area contributed by atoms with E-state index in [0.29, 0.717) is 22.8 Å². The molecule has 0 aliphatic carbocycles. The number of nitrogens with one attached hydrogen (secondary N) is 1. The number of nitrogen functional groups attached to an aromatic ring is 1. The summed E-state index contributed by atoms with van der Waals surface area (Å²) in [5.41, 5.74) is 8.73. The monoisotopic (exact) mass is 327 g/mol. The fourth-order valence-corrected chi connectivity index (χ4v) is 2.87. The molecule has 0 radical (unpaired) electrons. The van der Waals surface area contributed by atoms with Gasteiger partial charge in [0.25, 0.3) is 5.91 Å². The average Bonchev–Trinajstić information content (AvgIpc) is 2.96. The van der Waals surface area contributed by atoms with Gasteiger partial charge in [-0.3, -0.25) is 4.79 Å². The van der Waals surface area contributed by atoms with Gasteiger partial charge >= 0.3 is 0 Å². The third-order valence-corrected chi connectivity index (χ3v) is 4.21. The molecule has 0 bridgehead atoms. The Morgan fingerprint density at radius 2 is 1.83 bits per heavy atom. The molecular weight excluding hydrogens is 313 g/mol. The summed E-state index contributed by atoms with van der Waals surface area (Å²) in [6.45, 7) is 0.303. The van der Waals surface area contributed by atoms with Crippen molar-refractivity contribution < 1.29 is 9.18 Å². The van der Waals surface area contributed by atoms with Crippen LogP contribution in [0.2, 0.25) is 0 Å². The highest BCUT2D eigenvalue weighted by Crippen LogP contribution is 2.30. The normalized spacial score (nSPS) is 10.5. The van der Waals surface area contributed by atoms with Gasteiger partial charge in [0.2, 0.25) is 0 Å². The molecule has 0 fully saturated rings. The van der Waals surface area contributed by atoms with E-state index in [1.807, 2.05) is 30.3 Å². The van der Waals surface area contributed by atoms with Crippen molar-refractivity contribution in [2.45, 2.75) is 6.54 Å². The molecule has 116 valence electrons. The topological polar surface area (TPSA) is 68.0 Å². The summed E-state index contributed by atoms with van der Waals surface area (Å²) in [5.74, 6) is -0.592. The molecule has 0 atom stereocenters. The van der Waals surface area contributed by atoms with Crippen LogP contribution in [-0.4, -0.2) is 10.3 Å². The van der Waals surface area contributed by atoms with Crippen LogP contribution in [0.3, 0.4) is 0 Å². The van der Waals surface area contributed by atoms with E-state index in [1.54, 1.807) is 12.1 Å². The molecule has 1 heterocycles. The van der Waals surface area contributed by atoms with Gasteiger partial charge in [0.05, 0.1) is 5.69 Å². The van der Waals surface area contributed by atoms with Crippen molar-refractivity contribution in [2.24, 2.45) is 0 Å². The van der Waals surface area contributed by atoms with E-state index in [4.69, 9.17) is 5.73 Å². The highest BCUT2D eigenvalue weighted by molar-refractivity contribution is 7.09. The number of carbonyl (C=O) groups excluding carboxylic acids is 1. The lowest BCUT2D eigenvalue weighted by molar-refractivity contribution is 0.0956. The Balaban J connectivity index is 1.73. The van der Waals surface area contributed by atoms with Gasteiger partial charge in [-0.05, 0) is 29.2 Å². The first kappa shape index (κ1) is 15.2. The number of hydrogen-bond acceptors (Lipinski definition) is 4. The van der Waals surface area contributed by atoms with Gasteiger partial charge in [0.1, 0.15) is 16.4 Å². The number of halogens is 1. The van der Waals surface area contributed by atoms with Gasteiger partial charge in [-0.15, -0.1) is 0 Å². The van der Waals surface area contributed by atoms with Crippen LogP contribution < -0.4 is 11.1 Å². The first-order valence-electron chi connectivity index (χ1n) is 6.98. The maximum atomic E-state index is 12.9. The van der Waals surface area contributed by atoms with Crippen molar-refractivity contribution in [2.75, 3.05) is 5.73 Å². The molecule has 0 aliphatic rings. The molecular formula is C17H14FN3OS. The molecule has 4 nitrogen and oxygen atoms in total. The molecule has 0 saturated carbocycles. The molecule has 0 spiro atoms. The van der Waals surface area contributed by atoms with E-state index in [-0.39, 0.29) is 11.7 Å². The number of nitrogens with zero attached hydrogens (tertiary/aromatic N) is 1. The second-order valence-corrected chi connectivity index (χ2v) is 5.72. The van der Waals surface area contributed by atoms with Crippen molar-refractivity contribution in [1.29, 1.82) is 0 Å². The van der Waals surface area contributed by atoms with Crippen LogP contribution in [0, 0.1) is 5.82 Å². The maximum Gasteiger partial charge on any atom is 0.265 e. The van der Waals surface area contributed by atoms with Gasteiger partial charge < -0.3 is 11.1 Å². The average molecular weight is 327 g/mol. The van der Waals surface area contributed by atoms with Crippen molar-refractivity contribution in [3.8, 4) is 11.3 Å². The van der Waals surface area contributed by atoms with Crippen LogP contribution in [0.25, 0.3) is 11.3 Å². The lowest BCUT2D eigenvalue weighted by Crippen LogP contribution is -2.22. The summed E-state index contributed by atoms with van der Waals surface area (Å²) in [5, 5.41) is 2.77. The quantitative estimate of drug-likeness (QED) is 0.771. The van der Waals surface area contributed by atoms with E-state index >= 15 is 0 Å². The Bertz CT molecular complexity index is 816. The Morgan fingerprint density at radius 1 is 1.13 bits per heavy atom. The zero-order chi connectivity index (χ0) is 16.2. The predicted molar refractivity (Wildman–Crippen MR) is 89.5 cm³/mol. The largest absolute Gasteiger partial charge is 0.396 e. The Kier molecular flexibility index (Phi) is 4.34. The molecule has 2 aromatic carbocycles. The molecule has 23 heavy (non-hydrogen) atoms. The van der Waals surface area contributed by atoms with Gasteiger partial charge in [-0.1, -0.05) is 42.5 Å². The minimum Gasteiger partial charge on any atom is -0.396 e. The number of rotatable bonds is 4. The van der Waals surface area contributed by atoms with E-state index in [1.165, 1.54) is 12.1 Å². The van der Waals surface area contributed by atoms with E-state index in [0.717, 1.165) is 22.7 Å².